The van der Waals surface area contributed by atoms with Gasteiger partial charge in [0.2, 0.25) is 10.0 Å². The zero-order chi connectivity index (χ0) is 20.7. The first-order valence-electron chi connectivity index (χ1n) is 9.24. The molecule has 1 aliphatic carbocycles. The predicted octanol–water partition coefficient (Wildman–Crippen LogP) is 3.68. The molecule has 0 radical (unpaired) electrons. The third-order valence-corrected chi connectivity index (χ3v) is 6.78. The van der Waals surface area contributed by atoms with Crippen molar-refractivity contribution in [3.8, 4) is 0 Å². The molecule has 28 heavy (non-hydrogen) atoms. The van der Waals surface area contributed by atoms with Crippen molar-refractivity contribution in [1.82, 2.24) is 14.5 Å². The highest BCUT2D eigenvalue weighted by molar-refractivity contribution is 7.89. The summed E-state index contributed by atoms with van der Waals surface area (Å²) >= 11 is 0. The normalized spacial score (nSPS) is 14.9. The minimum Gasteiger partial charge on any atom is -0.267 e. The van der Waals surface area contributed by atoms with Gasteiger partial charge in [-0.15, -0.1) is 0 Å². The van der Waals surface area contributed by atoms with Crippen LogP contribution in [0.3, 0.4) is 0 Å². The fourth-order valence-electron chi connectivity index (χ4n) is 4.03. The van der Waals surface area contributed by atoms with E-state index in [4.69, 9.17) is 0 Å². The first-order chi connectivity index (χ1) is 13.0. The van der Waals surface area contributed by atoms with Crippen LogP contribution < -0.4 is 4.72 Å². The first-order valence-corrected chi connectivity index (χ1v) is 10.7. The Hall–Kier alpha value is -1.87. The highest BCUT2D eigenvalue weighted by Crippen LogP contribution is 2.35. The van der Waals surface area contributed by atoms with Crippen LogP contribution in [0.1, 0.15) is 46.5 Å². The molecule has 1 aromatic carbocycles. The molecule has 0 aliphatic heterocycles. The Balaban J connectivity index is 1.80. The molecule has 0 saturated heterocycles. The number of benzene rings is 1. The predicted molar refractivity (Wildman–Crippen MR) is 99.7 cm³/mol. The Bertz CT molecular complexity index is 972. The van der Waals surface area contributed by atoms with Gasteiger partial charge in [0.1, 0.15) is 0 Å². The van der Waals surface area contributed by atoms with Crippen molar-refractivity contribution in [3.63, 3.8) is 0 Å². The number of nitrogens with zero attached hydrogens (tertiary/aromatic N) is 2. The summed E-state index contributed by atoms with van der Waals surface area (Å²) in [4.78, 5) is 0.219. The largest absolute Gasteiger partial charge is 0.435 e. The lowest BCUT2D eigenvalue weighted by Gasteiger charge is -2.16. The van der Waals surface area contributed by atoms with Crippen LogP contribution in [0.15, 0.2) is 17.0 Å². The van der Waals surface area contributed by atoms with Gasteiger partial charge in [-0.25, -0.2) is 13.1 Å². The van der Waals surface area contributed by atoms with E-state index in [2.05, 4.69) is 9.82 Å². The van der Waals surface area contributed by atoms with Gasteiger partial charge in [0.05, 0.1) is 11.4 Å². The van der Waals surface area contributed by atoms with Gasteiger partial charge in [-0.3, -0.25) is 4.68 Å². The molecule has 0 bridgehead atoms. The fraction of sp³-hybridized carbons (Fsp3) is 0.526. The second-order valence-electron chi connectivity index (χ2n) is 7.33. The molecule has 0 saturated carbocycles. The number of hydrogen-bond donors (Lipinski definition) is 1. The van der Waals surface area contributed by atoms with Gasteiger partial charge >= 0.3 is 6.18 Å². The zero-order valence-corrected chi connectivity index (χ0v) is 17.0. The molecule has 154 valence electrons. The van der Waals surface area contributed by atoms with E-state index < -0.39 is 21.9 Å². The second-order valence-corrected chi connectivity index (χ2v) is 9.03. The number of fused-ring (bicyclic) bond motifs is 1. The van der Waals surface area contributed by atoms with Crippen LogP contribution in [0, 0.1) is 20.8 Å². The van der Waals surface area contributed by atoms with Crippen molar-refractivity contribution >= 4 is 10.0 Å². The van der Waals surface area contributed by atoms with E-state index in [0.29, 0.717) is 36.1 Å². The quantitative estimate of drug-likeness (QED) is 0.810. The SMILES string of the molecule is Cc1cc(C)c(S(=O)(=O)NCCn2nc(C(F)(F)F)c3c2CCCC3)c(C)c1. The average molecular weight is 415 g/mol. The summed E-state index contributed by atoms with van der Waals surface area (Å²) in [6.45, 7) is 5.38. The van der Waals surface area contributed by atoms with Gasteiger partial charge in [0, 0.05) is 17.8 Å². The maximum absolute atomic E-state index is 13.3. The summed E-state index contributed by atoms with van der Waals surface area (Å²) in [5.74, 6) is 0. The van der Waals surface area contributed by atoms with Crippen LogP contribution in [0.4, 0.5) is 13.2 Å². The number of halogens is 3. The summed E-state index contributed by atoms with van der Waals surface area (Å²) in [5, 5.41) is 3.76. The Kier molecular flexibility index (Phi) is 5.60. The van der Waals surface area contributed by atoms with Gasteiger partial charge in [-0.1, -0.05) is 17.7 Å². The van der Waals surface area contributed by atoms with Crippen molar-refractivity contribution in [2.24, 2.45) is 0 Å². The number of aryl methyl sites for hydroxylation is 3. The highest BCUT2D eigenvalue weighted by atomic mass is 32.2. The van der Waals surface area contributed by atoms with Gasteiger partial charge in [-0.05, 0) is 57.6 Å². The lowest BCUT2D eigenvalue weighted by atomic mass is 9.95. The van der Waals surface area contributed by atoms with E-state index in [1.54, 1.807) is 26.0 Å². The summed E-state index contributed by atoms with van der Waals surface area (Å²) < 4.78 is 69.0. The third-order valence-electron chi connectivity index (χ3n) is 5.01. The molecule has 2 aromatic rings. The van der Waals surface area contributed by atoms with Crippen molar-refractivity contribution in [3.05, 3.63) is 45.8 Å². The number of nitrogens with one attached hydrogen (secondary N) is 1. The average Bonchev–Trinajstić information content (AvgIpc) is 2.92. The van der Waals surface area contributed by atoms with Gasteiger partial charge in [-0.2, -0.15) is 18.3 Å². The molecular formula is C19H24F3N3O2S. The summed E-state index contributed by atoms with van der Waals surface area (Å²) in [6.07, 6.45) is -2.09. The lowest BCUT2D eigenvalue weighted by Crippen LogP contribution is -2.29. The minimum atomic E-state index is -4.50. The fourth-order valence-corrected chi connectivity index (χ4v) is 5.50. The smallest absolute Gasteiger partial charge is 0.267 e. The third kappa shape index (κ3) is 4.10. The van der Waals surface area contributed by atoms with Crippen molar-refractivity contribution in [2.45, 2.75) is 64.1 Å². The van der Waals surface area contributed by atoms with E-state index in [0.717, 1.165) is 12.0 Å². The van der Waals surface area contributed by atoms with Crippen LogP contribution in [-0.4, -0.2) is 24.7 Å². The maximum Gasteiger partial charge on any atom is 0.435 e. The van der Waals surface area contributed by atoms with E-state index >= 15 is 0 Å². The summed E-state index contributed by atoms with van der Waals surface area (Å²) in [6, 6.07) is 3.59. The van der Waals surface area contributed by atoms with Crippen LogP contribution >= 0.6 is 0 Å². The second kappa shape index (κ2) is 7.51. The van der Waals surface area contributed by atoms with Gasteiger partial charge < -0.3 is 0 Å². The van der Waals surface area contributed by atoms with Crippen LogP contribution in [-0.2, 0) is 35.6 Å². The molecule has 1 N–H and O–H groups in total. The van der Waals surface area contributed by atoms with Crippen LogP contribution in [0.25, 0.3) is 0 Å². The molecule has 1 aliphatic rings. The van der Waals surface area contributed by atoms with Gasteiger partial charge in [0.15, 0.2) is 5.69 Å². The van der Waals surface area contributed by atoms with Crippen molar-refractivity contribution in [2.75, 3.05) is 6.54 Å². The summed E-state index contributed by atoms with van der Waals surface area (Å²) in [5.41, 5.74) is 2.24. The van der Waals surface area contributed by atoms with E-state index in [1.807, 2.05) is 6.92 Å². The monoisotopic (exact) mass is 415 g/mol. The molecule has 3 rings (SSSR count). The zero-order valence-electron chi connectivity index (χ0n) is 16.2. The standard InChI is InChI=1S/C19H24F3N3O2S/c1-12-10-13(2)17(14(3)11-12)28(26,27)23-8-9-25-16-7-5-4-6-15(16)18(24-25)19(20,21)22/h10-11,23H,4-9H2,1-3H3. The topological polar surface area (TPSA) is 64.0 Å². The van der Waals surface area contributed by atoms with E-state index in [1.165, 1.54) is 4.68 Å². The molecule has 0 unspecified atom stereocenters. The summed E-state index contributed by atoms with van der Waals surface area (Å²) in [7, 11) is -3.76. The molecule has 0 spiro atoms. The van der Waals surface area contributed by atoms with Crippen molar-refractivity contribution < 1.29 is 21.6 Å². The molecule has 0 fully saturated rings. The van der Waals surface area contributed by atoms with Crippen LogP contribution in [0.2, 0.25) is 0 Å². The van der Waals surface area contributed by atoms with Gasteiger partial charge in [0.25, 0.3) is 0 Å². The lowest BCUT2D eigenvalue weighted by molar-refractivity contribution is -0.142. The Morgan fingerprint density at radius 1 is 1.11 bits per heavy atom. The molecule has 5 nitrogen and oxygen atoms in total. The Labute approximate surface area is 163 Å². The van der Waals surface area contributed by atoms with Crippen LogP contribution in [0.5, 0.6) is 0 Å². The molecule has 0 amide bonds. The Morgan fingerprint density at radius 2 is 1.71 bits per heavy atom. The number of alkyl halides is 3. The first kappa shape index (κ1) is 20.9. The van der Waals surface area contributed by atoms with E-state index in [9.17, 15) is 21.6 Å². The molecule has 9 heteroatoms. The Morgan fingerprint density at radius 3 is 2.32 bits per heavy atom. The highest BCUT2D eigenvalue weighted by Gasteiger charge is 2.39. The molecular weight excluding hydrogens is 391 g/mol. The van der Waals surface area contributed by atoms with E-state index in [-0.39, 0.29) is 23.5 Å². The minimum absolute atomic E-state index is 0.0273. The number of aromatic nitrogens is 2. The number of rotatable bonds is 5. The maximum atomic E-state index is 13.3. The number of hydrogen-bond acceptors (Lipinski definition) is 3. The molecule has 0 atom stereocenters. The molecule has 1 aromatic heterocycles. The number of sulfonamides is 1. The molecule has 1 heterocycles. The van der Waals surface area contributed by atoms with Crippen molar-refractivity contribution in [1.29, 1.82) is 0 Å².